The Morgan fingerprint density at radius 1 is 1.00 bits per heavy atom. The number of benzene rings is 2. The summed E-state index contributed by atoms with van der Waals surface area (Å²) in [4.78, 5) is 11.5. The minimum atomic E-state index is -0.541. The van der Waals surface area contributed by atoms with Crippen molar-refractivity contribution in [2.75, 3.05) is 13.2 Å². The van der Waals surface area contributed by atoms with Crippen molar-refractivity contribution in [2.24, 2.45) is 0 Å². The second-order valence-electron chi connectivity index (χ2n) is 7.66. The molecule has 1 amide bonds. The van der Waals surface area contributed by atoms with Crippen molar-refractivity contribution < 1.29 is 23.3 Å². The highest BCUT2D eigenvalue weighted by Crippen LogP contribution is 2.33. The first kappa shape index (κ1) is 28.1. The molecule has 0 fully saturated rings. The van der Waals surface area contributed by atoms with E-state index in [0.29, 0.717) is 36.6 Å². The number of alkyl carbamates (subject to hydrolysis) is 1. The molecule has 4 rings (SSSR count). The summed E-state index contributed by atoms with van der Waals surface area (Å²) >= 11 is 23.4. The third kappa shape index (κ3) is 7.71. The van der Waals surface area contributed by atoms with E-state index in [1.807, 2.05) is 0 Å². The molecule has 0 spiro atoms. The van der Waals surface area contributed by atoms with Crippen molar-refractivity contribution in [2.45, 2.75) is 26.4 Å². The Balaban J connectivity index is 0.000000284. The lowest BCUT2D eigenvalue weighted by molar-refractivity contribution is 0.0519. The number of amides is 1. The lowest BCUT2D eigenvalue weighted by Crippen LogP contribution is -2.34. The summed E-state index contributed by atoms with van der Waals surface area (Å²) in [5, 5.41) is 13.2. The van der Waals surface area contributed by atoms with Gasteiger partial charge in [0.2, 0.25) is 0 Å². The fraction of sp³-hybridized carbons (Fsp3) is 0.286. The highest BCUT2D eigenvalue weighted by Gasteiger charge is 2.16. The summed E-state index contributed by atoms with van der Waals surface area (Å²) in [5.41, 5.74) is 0.443. The van der Waals surface area contributed by atoms with Crippen LogP contribution in [0.4, 0.5) is 4.79 Å². The maximum absolute atomic E-state index is 11.5. The lowest BCUT2D eigenvalue weighted by atomic mass is 10.2. The number of rotatable bonds is 4. The average Bonchev–Trinajstić information content (AvgIpc) is 3.31. The van der Waals surface area contributed by atoms with Gasteiger partial charge < -0.3 is 23.8 Å². The van der Waals surface area contributed by atoms with E-state index in [1.165, 1.54) is 0 Å². The van der Waals surface area contributed by atoms with Gasteiger partial charge in [0.05, 0.1) is 28.2 Å². The Morgan fingerprint density at radius 3 is 2.32 bits per heavy atom. The van der Waals surface area contributed by atoms with Crippen molar-refractivity contribution in [3.63, 3.8) is 0 Å². The lowest BCUT2D eigenvalue weighted by Gasteiger charge is -2.19. The monoisotopic (exact) mass is 569 g/mol. The average molecular weight is 572 g/mol. The Hall–Kier alpha value is -2.10. The normalized spacial score (nSPS) is 10.9. The van der Waals surface area contributed by atoms with Crippen molar-refractivity contribution in [1.82, 2.24) is 15.6 Å². The zero-order chi connectivity index (χ0) is 24.2. The fourth-order valence-corrected chi connectivity index (χ4v) is 3.65. The van der Waals surface area contributed by atoms with Gasteiger partial charge in [0.15, 0.2) is 11.2 Å². The van der Waals surface area contributed by atoms with Crippen molar-refractivity contribution in [3.8, 4) is 5.88 Å². The highest BCUT2D eigenvalue weighted by atomic mass is 35.5. The van der Waals surface area contributed by atoms with Crippen LogP contribution in [0.25, 0.3) is 21.9 Å². The smallest absolute Gasteiger partial charge is 0.407 e. The molecule has 0 saturated carbocycles. The second-order valence-corrected chi connectivity index (χ2v) is 9.35. The maximum atomic E-state index is 11.5. The first-order chi connectivity index (χ1) is 15.5. The van der Waals surface area contributed by atoms with Crippen LogP contribution in [-0.4, -0.2) is 35.2 Å². The first-order valence-corrected chi connectivity index (χ1v) is 11.1. The molecule has 0 saturated heterocycles. The molecule has 0 atom stereocenters. The van der Waals surface area contributed by atoms with Gasteiger partial charge in [-0.15, -0.1) is 12.4 Å². The molecule has 0 aliphatic rings. The van der Waals surface area contributed by atoms with E-state index < -0.39 is 11.7 Å². The Bertz CT molecular complexity index is 1270. The molecule has 2 aromatic carbocycles. The van der Waals surface area contributed by atoms with Crippen LogP contribution in [0.5, 0.6) is 5.88 Å². The number of fused-ring (bicyclic) bond motifs is 2. The zero-order valence-electron chi connectivity index (χ0n) is 18.2. The Labute approximate surface area is 221 Å². The van der Waals surface area contributed by atoms with Gasteiger partial charge in [0.25, 0.3) is 5.88 Å². The zero-order valence-corrected chi connectivity index (χ0v) is 22.0. The second kappa shape index (κ2) is 12.0. The summed E-state index contributed by atoms with van der Waals surface area (Å²) < 4.78 is 20.5. The summed E-state index contributed by atoms with van der Waals surface area (Å²) in [7, 11) is 0. The summed E-state index contributed by atoms with van der Waals surface area (Å²) in [6, 6.07) is 6.58. The summed E-state index contributed by atoms with van der Waals surface area (Å²) in [5.74, 6) is 0.269. The molecule has 0 bridgehead atoms. The molecule has 0 aliphatic carbocycles. The quantitative estimate of drug-likeness (QED) is 0.252. The van der Waals surface area contributed by atoms with Crippen LogP contribution in [0.15, 0.2) is 39.5 Å². The van der Waals surface area contributed by atoms with Crippen LogP contribution in [0, 0.1) is 0 Å². The molecule has 0 aliphatic heterocycles. The molecule has 1 N–H and O–H groups in total. The number of nitrogens with one attached hydrogen (secondary N) is 1. The van der Waals surface area contributed by atoms with Crippen LogP contribution in [0.2, 0.25) is 20.1 Å². The SMILES string of the molecule is CC(C)(C)OC(=O)NCCOc1noc2c(Cl)cc(Cl)cc12.Cl.Clc1cc(Cl)c2oncc2c1. The standard InChI is InChI=1S/C14H16Cl2N2O4.C7H3Cl2NO.ClH/c1-14(2,3)21-13(19)17-4-5-20-12-9-6-8(15)7-10(16)11(9)22-18-12;8-5-1-4-3-10-11-7(4)6(9)2-5;/h6-7H,4-5H2,1-3H3,(H,17,19);1-3H;1H. The number of hydrogen-bond acceptors (Lipinski definition) is 7. The van der Waals surface area contributed by atoms with E-state index >= 15 is 0 Å². The van der Waals surface area contributed by atoms with Gasteiger partial charge >= 0.3 is 6.09 Å². The van der Waals surface area contributed by atoms with Crippen LogP contribution < -0.4 is 10.1 Å². The first-order valence-electron chi connectivity index (χ1n) is 9.57. The fourth-order valence-electron chi connectivity index (χ4n) is 2.58. The van der Waals surface area contributed by atoms with Gasteiger partial charge in [-0.25, -0.2) is 4.79 Å². The molecule has 0 unspecified atom stereocenters. The van der Waals surface area contributed by atoms with E-state index in [4.69, 9.17) is 64.9 Å². The topological polar surface area (TPSA) is 99.6 Å². The molecule has 2 aromatic heterocycles. The summed E-state index contributed by atoms with van der Waals surface area (Å²) in [6.45, 7) is 5.83. The van der Waals surface area contributed by atoms with Gasteiger partial charge in [0.1, 0.15) is 12.2 Å². The molecule has 184 valence electrons. The number of carbonyl (C=O) groups is 1. The third-order valence-electron chi connectivity index (χ3n) is 3.84. The minimum absolute atomic E-state index is 0. The Kier molecular flexibility index (Phi) is 9.96. The molecule has 2 heterocycles. The van der Waals surface area contributed by atoms with E-state index in [1.54, 1.807) is 51.2 Å². The number of halogens is 5. The van der Waals surface area contributed by atoms with Gasteiger partial charge in [-0.05, 0) is 50.2 Å². The van der Waals surface area contributed by atoms with Crippen LogP contribution >= 0.6 is 58.8 Å². The highest BCUT2D eigenvalue weighted by molar-refractivity contribution is 6.38. The van der Waals surface area contributed by atoms with E-state index in [2.05, 4.69) is 15.6 Å². The number of nitrogens with zero attached hydrogens (tertiary/aromatic N) is 2. The third-order valence-corrected chi connectivity index (χ3v) is 4.84. The minimum Gasteiger partial charge on any atom is -0.473 e. The number of aromatic nitrogens is 2. The predicted molar refractivity (Wildman–Crippen MR) is 135 cm³/mol. The van der Waals surface area contributed by atoms with Gasteiger partial charge in [-0.1, -0.05) is 51.6 Å². The molecular formula is C21H20Cl5N3O5. The van der Waals surface area contributed by atoms with Crippen molar-refractivity contribution in [3.05, 3.63) is 50.6 Å². The molecular weight excluding hydrogens is 552 g/mol. The van der Waals surface area contributed by atoms with Crippen LogP contribution in [0.1, 0.15) is 20.8 Å². The number of carbonyl (C=O) groups excluding carboxylic acids is 1. The molecule has 8 nitrogen and oxygen atoms in total. The van der Waals surface area contributed by atoms with Crippen molar-refractivity contribution in [1.29, 1.82) is 0 Å². The predicted octanol–water partition coefficient (Wildman–Crippen LogP) is 7.59. The number of ether oxygens (including phenoxy) is 2. The molecule has 13 heteroatoms. The Morgan fingerprint density at radius 2 is 1.65 bits per heavy atom. The van der Waals surface area contributed by atoms with E-state index in [9.17, 15) is 4.79 Å². The van der Waals surface area contributed by atoms with E-state index in [0.717, 1.165) is 5.39 Å². The largest absolute Gasteiger partial charge is 0.473 e. The maximum Gasteiger partial charge on any atom is 0.407 e. The van der Waals surface area contributed by atoms with E-state index in [-0.39, 0.29) is 31.4 Å². The van der Waals surface area contributed by atoms with Gasteiger partial charge in [-0.3, -0.25) is 0 Å². The molecule has 0 radical (unpaired) electrons. The van der Waals surface area contributed by atoms with Crippen molar-refractivity contribution >= 4 is 86.8 Å². The molecule has 34 heavy (non-hydrogen) atoms. The molecule has 4 aromatic rings. The van der Waals surface area contributed by atoms with Crippen LogP contribution in [-0.2, 0) is 4.74 Å². The number of hydrogen-bond donors (Lipinski definition) is 1. The van der Waals surface area contributed by atoms with Gasteiger partial charge in [0, 0.05) is 15.4 Å². The summed E-state index contributed by atoms with van der Waals surface area (Å²) in [6.07, 6.45) is 1.07. The van der Waals surface area contributed by atoms with Crippen LogP contribution in [0.3, 0.4) is 0 Å². The van der Waals surface area contributed by atoms with Gasteiger partial charge in [-0.2, -0.15) is 0 Å².